The van der Waals surface area contributed by atoms with Gasteiger partial charge in [-0.2, -0.15) is 22.0 Å². The first kappa shape index (κ1) is 21.4. The minimum absolute atomic E-state index is 0.416. The van der Waals surface area contributed by atoms with Crippen molar-refractivity contribution in [3.05, 3.63) is 56.8 Å². The van der Waals surface area contributed by atoms with Crippen LogP contribution in [-0.2, 0) is 5.92 Å². The Morgan fingerprint density at radius 2 is 1.04 bits per heavy atom. The first-order valence-corrected chi connectivity index (χ1v) is 7.08. The molecule has 2 aromatic carbocycles. The van der Waals surface area contributed by atoms with Gasteiger partial charge in [0, 0.05) is 5.56 Å². The van der Waals surface area contributed by atoms with E-state index in [0.717, 1.165) is 0 Å². The largest absolute Gasteiger partial charge is 0.458 e. The fraction of sp³-hybridized carbons (Fsp3) is 0.143. The number of hydrogen-bond acceptors (Lipinski definition) is 0. The van der Waals surface area contributed by atoms with Crippen molar-refractivity contribution in [1.29, 1.82) is 0 Å². The Morgan fingerprint density at radius 1 is 0.630 bits per heavy atom. The summed E-state index contributed by atoms with van der Waals surface area (Å²) in [5, 5.41) is 0. The smallest absolute Gasteiger partial charge is 0.206 e. The third kappa shape index (κ3) is 3.15. The van der Waals surface area contributed by atoms with Crippen LogP contribution in [0.4, 0.5) is 52.7 Å². The molecular formula is C14HBrF12. The van der Waals surface area contributed by atoms with Gasteiger partial charge in [-0.05, 0) is 22.0 Å². The minimum atomic E-state index is -6.44. The molecule has 0 heterocycles. The molecule has 0 bridgehead atoms. The van der Waals surface area contributed by atoms with E-state index >= 15 is 0 Å². The number of benzene rings is 2. The molecule has 0 nitrogen and oxygen atoms in total. The zero-order valence-electron chi connectivity index (χ0n) is 12.0. The molecule has 0 radical (unpaired) electrons. The van der Waals surface area contributed by atoms with Crippen LogP contribution in [0.1, 0.15) is 5.56 Å². The lowest BCUT2D eigenvalue weighted by Gasteiger charge is -2.22. The molecule has 27 heavy (non-hydrogen) atoms. The Kier molecular flexibility index (Phi) is 5.23. The molecule has 0 aliphatic rings. The number of rotatable bonds is 2. The van der Waals surface area contributed by atoms with Crippen LogP contribution in [0.15, 0.2) is 10.5 Å². The Bertz CT molecular complexity index is 902. The summed E-state index contributed by atoms with van der Waals surface area (Å²) in [4.78, 5) is 0. The predicted octanol–water partition coefficient (Wildman–Crippen LogP) is 6.74. The average Bonchev–Trinajstić information content (AvgIpc) is 2.54. The molecule has 0 aliphatic heterocycles. The van der Waals surface area contributed by atoms with Crippen molar-refractivity contribution in [3.8, 4) is 11.1 Å². The fourth-order valence-corrected chi connectivity index (χ4v) is 2.56. The summed E-state index contributed by atoms with van der Waals surface area (Å²) >= 11 is 2.08. The maximum Gasteiger partial charge on any atom is 0.458 e. The Balaban J connectivity index is 2.90. The second-order valence-corrected chi connectivity index (χ2v) is 5.72. The average molecular weight is 477 g/mol. The summed E-state index contributed by atoms with van der Waals surface area (Å²) < 4.78 is 157. The van der Waals surface area contributed by atoms with Crippen LogP contribution in [0.3, 0.4) is 0 Å². The van der Waals surface area contributed by atoms with Crippen molar-refractivity contribution in [1.82, 2.24) is 0 Å². The Morgan fingerprint density at radius 3 is 1.44 bits per heavy atom. The lowest BCUT2D eigenvalue weighted by molar-refractivity contribution is -0.291. The molecule has 148 valence electrons. The van der Waals surface area contributed by atoms with E-state index < -0.39 is 80.0 Å². The maximum atomic E-state index is 14.0. The van der Waals surface area contributed by atoms with Gasteiger partial charge >= 0.3 is 12.1 Å². The Hall–Kier alpha value is -1.92. The third-order valence-electron chi connectivity index (χ3n) is 3.31. The molecule has 0 N–H and O–H groups in total. The van der Waals surface area contributed by atoms with Gasteiger partial charge in [0.1, 0.15) is 11.4 Å². The summed E-state index contributed by atoms with van der Waals surface area (Å²) in [5.41, 5.74) is -6.27. The lowest BCUT2D eigenvalue weighted by Crippen LogP contribution is -2.35. The van der Waals surface area contributed by atoms with Crippen LogP contribution in [0.25, 0.3) is 11.1 Å². The van der Waals surface area contributed by atoms with E-state index in [1.165, 1.54) is 0 Å². The topological polar surface area (TPSA) is 0 Å². The van der Waals surface area contributed by atoms with Gasteiger partial charge < -0.3 is 0 Å². The zero-order chi connectivity index (χ0) is 21.1. The molecule has 0 saturated carbocycles. The fourth-order valence-electron chi connectivity index (χ4n) is 2.05. The SMILES string of the molecule is Fc1cc(-c2c(F)c(F)c(F)c(F)c2F)c(Br)c(F)c1C(F)(F)C(F)(F)F. The van der Waals surface area contributed by atoms with Crippen LogP contribution in [0, 0.1) is 40.7 Å². The van der Waals surface area contributed by atoms with Gasteiger partial charge in [0.2, 0.25) is 5.82 Å². The lowest BCUT2D eigenvalue weighted by atomic mass is 9.98. The number of alkyl halides is 5. The van der Waals surface area contributed by atoms with E-state index in [0.29, 0.717) is 0 Å². The second-order valence-electron chi connectivity index (χ2n) is 4.93. The van der Waals surface area contributed by atoms with Crippen LogP contribution >= 0.6 is 15.9 Å². The zero-order valence-corrected chi connectivity index (χ0v) is 13.6. The molecule has 0 amide bonds. The van der Waals surface area contributed by atoms with Crippen molar-refractivity contribution in [2.24, 2.45) is 0 Å². The van der Waals surface area contributed by atoms with Crippen LogP contribution in [0.2, 0.25) is 0 Å². The molecule has 0 saturated heterocycles. The van der Waals surface area contributed by atoms with Crippen molar-refractivity contribution in [3.63, 3.8) is 0 Å². The van der Waals surface area contributed by atoms with E-state index in [4.69, 9.17) is 0 Å². The van der Waals surface area contributed by atoms with Crippen LogP contribution in [-0.4, -0.2) is 6.18 Å². The van der Waals surface area contributed by atoms with Crippen molar-refractivity contribution in [2.45, 2.75) is 12.1 Å². The van der Waals surface area contributed by atoms with Crippen LogP contribution < -0.4 is 0 Å². The standard InChI is InChI=1S/C14HBrF12/c15-6-2(4-7(17)10(20)12(22)11(21)8(4)18)1-3(16)5(9(6)19)13(23,24)14(25,26)27/h1H. The van der Waals surface area contributed by atoms with Crippen LogP contribution in [0.5, 0.6) is 0 Å². The van der Waals surface area contributed by atoms with E-state index in [1.54, 1.807) is 0 Å². The molecule has 2 rings (SSSR count). The highest BCUT2D eigenvalue weighted by atomic mass is 79.9. The van der Waals surface area contributed by atoms with E-state index in [1.807, 2.05) is 0 Å². The quantitative estimate of drug-likeness (QED) is 0.255. The minimum Gasteiger partial charge on any atom is -0.206 e. The van der Waals surface area contributed by atoms with Crippen molar-refractivity contribution in [2.75, 3.05) is 0 Å². The number of halogens is 13. The maximum absolute atomic E-state index is 14.0. The van der Waals surface area contributed by atoms with Gasteiger partial charge in [-0.1, -0.05) is 0 Å². The predicted molar refractivity (Wildman–Crippen MR) is 69.2 cm³/mol. The first-order chi connectivity index (χ1) is 12.1. The first-order valence-electron chi connectivity index (χ1n) is 6.28. The normalized spacial score (nSPS) is 12.6. The monoisotopic (exact) mass is 476 g/mol. The Labute approximate surface area is 149 Å². The summed E-state index contributed by atoms with van der Waals surface area (Å²) in [6.07, 6.45) is -6.44. The highest BCUT2D eigenvalue weighted by Crippen LogP contribution is 2.48. The van der Waals surface area contributed by atoms with Crippen molar-refractivity contribution >= 4 is 15.9 Å². The van der Waals surface area contributed by atoms with Gasteiger partial charge in [0.15, 0.2) is 29.1 Å². The molecule has 2 aromatic rings. The van der Waals surface area contributed by atoms with E-state index in [2.05, 4.69) is 15.9 Å². The summed E-state index contributed by atoms with van der Waals surface area (Å²) in [5.74, 6) is -24.2. The van der Waals surface area contributed by atoms with E-state index in [9.17, 15) is 52.7 Å². The highest BCUT2D eigenvalue weighted by molar-refractivity contribution is 9.10. The molecule has 0 aromatic heterocycles. The van der Waals surface area contributed by atoms with Crippen molar-refractivity contribution < 1.29 is 52.7 Å². The molecule has 0 spiro atoms. The molecule has 0 unspecified atom stereocenters. The summed E-state index contributed by atoms with van der Waals surface area (Å²) in [6.45, 7) is 0. The van der Waals surface area contributed by atoms with E-state index in [-0.39, 0.29) is 0 Å². The molecular weight excluding hydrogens is 476 g/mol. The van der Waals surface area contributed by atoms with Gasteiger partial charge in [-0.15, -0.1) is 0 Å². The highest BCUT2D eigenvalue weighted by Gasteiger charge is 2.61. The summed E-state index contributed by atoms with van der Waals surface area (Å²) in [6, 6.07) is -0.416. The van der Waals surface area contributed by atoms with Gasteiger partial charge in [-0.25, -0.2) is 30.7 Å². The summed E-state index contributed by atoms with van der Waals surface area (Å²) in [7, 11) is 0. The molecule has 0 atom stereocenters. The van der Waals surface area contributed by atoms with Gasteiger partial charge in [0.05, 0.1) is 10.0 Å². The molecule has 0 aliphatic carbocycles. The molecule has 0 fully saturated rings. The second kappa shape index (κ2) is 6.60. The number of hydrogen-bond donors (Lipinski definition) is 0. The van der Waals surface area contributed by atoms with Gasteiger partial charge in [0.25, 0.3) is 0 Å². The molecule has 13 heteroatoms. The third-order valence-corrected chi connectivity index (χ3v) is 4.08. The van der Waals surface area contributed by atoms with Gasteiger partial charge in [-0.3, -0.25) is 0 Å².